The first-order valence-corrected chi connectivity index (χ1v) is 5.64. The number of nitrogens with two attached hydrogens (primary N) is 1. The van der Waals surface area contributed by atoms with Crippen molar-refractivity contribution in [2.24, 2.45) is 17.1 Å². The van der Waals surface area contributed by atoms with E-state index >= 15 is 0 Å². The molecule has 0 radical (unpaired) electrons. The fraction of sp³-hybridized carbons (Fsp3) is 0.692. The van der Waals surface area contributed by atoms with Crippen LogP contribution in [-0.2, 0) is 0 Å². The Labute approximate surface area is 88.1 Å². The molecule has 0 saturated carbocycles. The maximum atomic E-state index is 5.50. The van der Waals surface area contributed by atoms with Crippen molar-refractivity contribution in [1.29, 1.82) is 0 Å². The van der Waals surface area contributed by atoms with Crippen LogP contribution in [0.15, 0.2) is 23.4 Å². The summed E-state index contributed by atoms with van der Waals surface area (Å²) in [4.78, 5) is 0. The van der Waals surface area contributed by atoms with Gasteiger partial charge in [0.15, 0.2) is 0 Å². The zero-order valence-corrected chi connectivity index (χ0v) is 9.93. The summed E-state index contributed by atoms with van der Waals surface area (Å²) in [6.45, 7) is 9.26. The Morgan fingerprint density at radius 2 is 2.14 bits per heavy atom. The van der Waals surface area contributed by atoms with E-state index in [4.69, 9.17) is 5.73 Å². The maximum absolute atomic E-state index is 5.50. The Morgan fingerprint density at radius 3 is 2.64 bits per heavy atom. The molecule has 0 aromatic carbocycles. The molecule has 1 rings (SSSR count). The highest BCUT2D eigenvalue weighted by molar-refractivity contribution is 5.36. The molecule has 0 unspecified atom stereocenters. The van der Waals surface area contributed by atoms with Gasteiger partial charge in [-0.1, -0.05) is 39.7 Å². The summed E-state index contributed by atoms with van der Waals surface area (Å²) in [5.41, 5.74) is 8.99. The third kappa shape index (κ3) is 2.02. The average Bonchev–Trinajstić information content (AvgIpc) is 2.28. The third-order valence-electron chi connectivity index (χ3n) is 3.29. The van der Waals surface area contributed by atoms with Crippen LogP contribution >= 0.6 is 0 Å². The van der Waals surface area contributed by atoms with Crippen molar-refractivity contribution in [3.8, 4) is 0 Å². The molecule has 14 heavy (non-hydrogen) atoms. The van der Waals surface area contributed by atoms with Gasteiger partial charge < -0.3 is 5.73 Å². The van der Waals surface area contributed by atoms with E-state index in [0.717, 1.165) is 0 Å². The molecule has 0 bridgehead atoms. The SMILES string of the molecule is CCCC1=C(/C=C\N)[C@H](C)CC1(C)C. The molecule has 1 atom stereocenters. The van der Waals surface area contributed by atoms with Crippen LogP contribution in [0.5, 0.6) is 0 Å². The van der Waals surface area contributed by atoms with Crippen LogP contribution in [0.25, 0.3) is 0 Å². The van der Waals surface area contributed by atoms with Gasteiger partial charge in [0.05, 0.1) is 0 Å². The summed E-state index contributed by atoms with van der Waals surface area (Å²) in [7, 11) is 0. The molecule has 0 saturated heterocycles. The average molecular weight is 193 g/mol. The number of hydrogen-bond donors (Lipinski definition) is 1. The van der Waals surface area contributed by atoms with Gasteiger partial charge in [0.25, 0.3) is 0 Å². The Bertz CT molecular complexity index is 258. The summed E-state index contributed by atoms with van der Waals surface area (Å²) in [6.07, 6.45) is 7.50. The molecule has 0 aromatic rings. The van der Waals surface area contributed by atoms with Crippen LogP contribution in [0.1, 0.15) is 47.0 Å². The van der Waals surface area contributed by atoms with Crippen molar-refractivity contribution in [2.45, 2.75) is 47.0 Å². The van der Waals surface area contributed by atoms with Gasteiger partial charge in [-0.2, -0.15) is 0 Å². The van der Waals surface area contributed by atoms with Gasteiger partial charge in [0.1, 0.15) is 0 Å². The first-order valence-electron chi connectivity index (χ1n) is 5.64. The van der Waals surface area contributed by atoms with Crippen LogP contribution in [-0.4, -0.2) is 0 Å². The van der Waals surface area contributed by atoms with Gasteiger partial charge in [0, 0.05) is 0 Å². The Hall–Kier alpha value is -0.720. The van der Waals surface area contributed by atoms with E-state index < -0.39 is 0 Å². The van der Waals surface area contributed by atoms with E-state index in [1.807, 2.05) is 0 Å². The lowest BCUT2D eigenvalue weighted by molar-refractivity contribution is 0.391. The molecule has 1 aliphatic rings. The summed E-state index contributed by atoms with van der Waals surface area (Å²) >= 11 is 0. The van der Waals surface area contributed by atoms with Crippen LogP contribution < -0.4 is 5.73 Å². The fourth-order valence-corrected chi connectivity index (χ4v) is 2.79. The molecule has 1 nitrogen and oxygen atoms in total. The standard InChI is InChI=1S/C13H23N/c1-5-6-12-11(7-8-14)10(2)9-13(12,3)4/h7-8,10H,5-6,9,14H2,1-4H3/b8-7-/t10-/m1/s1. The van der Waals surface area contributed by atoms with Crippen molar-refractivity contribution in [2.75, 3.05) is 0 Å². The minimum Gasteiger partial charge on any atom is -0.405 e. The molecule has 1 heteroatoms. The molecule has 0 spiro atoms. The van der Waals surface area contributed by atoms with Gasteiger partial charge in [-0.25, -0.2) is 0 Å². The van der Waals surface area contributed by atoms with Gasteiger partial charge in [0.2, 0.25) is 0 Å². The van der Waals surface area contributed by atoms with E-state index in [9.17, 15) is 0 Å². The quantitative estimate of drug-likeness (QED) is 0.728. The molecule has 0 amide bonds. The Balaban J connectivity index is 3.04. The van der Waals surface area contributed by atoms with Crippen molar-refractivity contribution in [3.63, 3.8) is 0 Å². The Kier molecular flexibility index (Phi) is 3.41. The zero-order valence-electron chi connectivity index (χ0n) is 9.93. The van der Waals surface area contributed by atoms with Crippen molar-refractivity contribution in [1.82, 2.24) is 0 Å². The second kappa shape index (κ2) is 4.20. The van der Waals surface area contributed by atoms with Crippen LogP contribution in [0.3, 0.4) is 0 Å². The summed E-state index contributed by atoms with van der Waals surface area (Å²) < 4.78 is 0. The van der Waals surface area contributed by atoms with E-state index in [2.05, 4.69) is 33.8 Å². The fourth-order valence-electron chi connectivity index (χ4n) is 2.79. The Morgan fingerprint density at radius 1 is 1.50 bits per heavy atom. The molecule has 0 aliphatic heterocycles. The van der Waals surface area contributed by atoms with Crippen molar-refractivity contribution < 1.29 is 0 Å². The summed E-state index contributed by atoms with van der Waals surface area (Å²) in [5, 5.41) is 0. The largest absolute Gasteiger partial charge is 0.405 e. The first-order chi connectivity index (χ1) is 6.53. The summed E-state index contributed by atoms with van der Waals surface area (Å²) in [5.74, 6) is 0.673. The zero-order chi connectivity index (χ0) is 10.8. The molecule has 1 aliphatic carbocycles. The van der Waals surface area contributed by atoms with Crippen LogP contribution in [0, 0.1) is 11.3 Å². The molecule has 0 heterocycles. The predicted molar refractivity (Wildman–Crippen MR) is 62.8 cm³/mol. The molecular formula is C13H23N. The van der Waals surface area contributed by atoms with Gasteiger partial charge >= 0.3 is 0 Å². The van der Waals surface area contributed by atoms with E-state index in [0.29, 0.717) is 11.3 Å². The van der Waals surface area contributed by atoms with Gasteiger partial charge in [-0.05, 0) is 42.0 Å². The first kappa shape index (κ1) is 11.4. The summed E-state index contributed by atoms with van der Waals surface area (Å²) in [6, 6.07) is 0. The van der Waals surface area contributed by atoms with Crippen LogP contribution in [0.2, 0.25) is 0 Å². The third-order valence-corrected chi connectivity index (χ3v) is 3.29. The second-order valence-corrected chi connectivity index (χ2v) is 5.03. The number of rotatable bonds is 3. The number of hydrogen-bond acceptors (Lipinski definition) is 1. The topological polar surface area (TPSA) is 26.0 Å². The molecule has 2 N–H and O–H groups in total. The minimum absolute atomic E-state index is 0.379. The van der Waals surface area contributed by atoms with Crippen LogP contribution in [0.4, 0.5) is 0 Å². The van der Waals surface area contributed by atoms with Crippen molar-refractivity contribution >= 4 is 0 Å². The highest BCUT2D eigenvalue weighted by Crippen LogP contribution is 2.47. The van der Waals surface area contributed by atoms with E-state index in [1.165, 1.54) is 24.8 Å². The highest BCUT2D eigenvalue weighted by Gasteiger charge is 2.34. The van der Waals surface area contributed by atoms with E-state index in [1.54, 1.807) is 11.8 Å². The highest BCUT2D eigenvalue weighted by atomic mass is 14.5. The van der Waals surface area contributed by atoms with Gasteiger partial charge in [-0.15, -0.1) is 0 Å². The van der Waals surface area contributed by atoms with Gasteiger partial charge in [-0.3, -0.25) is 0 Å². The minimum atomic E-state index is 0.379. The molecule has 80 valence electrons. The lowest BCUT2D eigenvalue weighted by atomic mass is 9.82. The maximum Gasteiger partial charge on any atom is -0.00595 e. The van der Waals surface area contributed by atoms with Crippen molar-refractivity contribution in [3.05, 3.63) is 23.4 Å². The number of allylic oxidation sites excluding steroid dienone is 3. The monoisotopic (exact) mass is 193 g/mol. The predicted octanol–water partition coefficient (Wildman–Crippen LogP) is 3.62. The molecular weight excluding hydrogens is 170 g/mol. The normalized spacial score (nSPS) is 26.4. The smallest absolute Gasteiger partial charge is 0.00595 e. The second-order valence-electron chi connectivity index (χ2n) is 5.03. The van der Waals surface area contributed by atoms with E-state index in [-0.39, 0.29) is 0 Å². The lowest BCUT2D eigenvalue weighted by Crippen LogP contribution is -2.10. The molecule has 0 aromatic heterocycles. The molecule has 0 fully saturated rings. The lowest BCUT2D eigenvalue weighted by Gasteiger charge is -2.22.